The average Bonchev–Trinajstić information content (AvgIpc) is 2.26. The zero-order valence-corrected chi connectivity index (χ0v) is 11.4. The fourth-order valence-corrected chi connectivity index (χ4v) is 2.00. The first-order valence-corrected chi connectivity index (χ1v) is 6.23. The van der Waals surface area contributed by atoms with Gasteiger partial charge in [-0.2, -0.15) is 13.2 Å². The summed E-state index contributed by atoms with van der Waals surface area (Å²) in [6, 6.07) is 1.57. The maximum atomic E-state index is 12.5. The van der Waals surface area contributed by atoms with E-state index in [0.717, 1.165) is 4.90 Å². The molecule has 7 heteroatoms. The first kappa shape index (κ1) is 15.2. The molecular weight excluding hydrogens is 313 g/mol. The highest BCUT2D eigenvalue weighted by Crippen LogP contribution is 2.25. The number of pyridine rings is 1. The molecule has 0 aliphatic rings. The zero-order chi connectivity index (χ0) is 13.8. The Hall–Kier alpha value is -0.820. The van der Waals surface area contributed by atoms with Gasteiger partial charge in [0.2, 0.25) is 0 Å². The van der Waals surface area contributed by atoms with Crippen LogP contribution in [0.1, 0.15) is 18.9 Å². The number of alkyl halides is 3. The predicted octanol–water partition coefficient (Wildman–Crippen LogP) is 3.12. The Morgan fingerprint density at radius 1 is 1.44 bits per heavy atom. The molecule has 0 saturated heterocycles. The van der Waals surface area contributed by atoms with Crippen molar-refractivity contribution >= 4 is 21.7 Å². The van der Waals surface area contributed by atoms with Crippen molar-refractivity contribution < 1.29 is 18.3 Å². The summed E-state index contributed by atoms with van der Waals surface area (Å²) in [6.45, 7) is 0.615. The van der Waals surface area contributed by atoms with Gasteiger partial charge < -0.3 is 10.0 Å². The third-order valence-electron chi connectivity index (χ3n) is 2.24. The summed E-state index contributed by atoms with van der Waals surface area (Å²) in [6.07, 6.45) is -2.30. The Bertz CT molecular complexity index is 398. The van der Waals surface area contributed by atoms with Crippen molar-refractivity contribution in [3.05, 3.63) is 22.3 Å². The molecule has 1 rings (SSSR count). The molecule has 0 bridgehead atoms. The van der Waals surface area contributed by atoms with E-state index < -0.39 is 12.7 Å². The summed E-state index contributed by atoms with van der Waals surface area (Å²) >= 11 is 3.17. The Morgan fingerprint density at radius 2 is 2.11 bits per heavy atom. The van der Waals surface area contributed by atoms with Crippen molar-refractivity contribution in [2.75, 3.05) is 18.0 Å². The molecule has 18 heavy (non-hydrogen) atoms. The Balaban J connectivity index is 3.04. The van der Waals surface area contributed by atoms with E-state index >= 15 is 0 Å². The smallest absolute Gasteiger partial charge is 0.392 e. The maximum absolute atomic E-state index is 12.5. The number of anilines is 1. The fourth-order valence-electron chi connectivity index (χ4n) is 1.62. The second kappa shape index (κ2) is 6.38. The molecule has 0 aliphatic heterocycles. The van der Waals surface area contributed by atoms with Crippen LogP contribution in [0, 0.1) is 0 Å². The standard InChI is InChI=1S/C11H14BrF3N2O/c1-2-3-17(7-11(13,14)15)10-8(6-18)4-9(12)5-16-10/h4-5,18H,2-3,6-7H2,1H3. The van der Waals surface area contributed by atoms with Crippen molar-refractivity contribution in [1.82, 2.24) is 4.98 Å². The minimum absolute atomic E-state index is 0.180. The maximum Gasteiger partial charge on any atom is 0.405 e. The number of rotatable bonds is 5. The van der Waals surface area contributed by atoms with E-state index in [0.29, 0.717) is 16.5 Å². The number of aliphatic hydroxyl groups excluding tert-OH is 1. The van der Waals surface area contributed by atoms with Crippen molar-refractivity contribution in [2.45, 2.75) is 26.1 Å². The Labute approximate surface area is 112 Å². The van der Waals surface area contributed by atoms with Gasteiger partial charge in [0.1, 0.15) is 12.4 Å². The molecule has 1 aromatic heterocycles. The van der Waals surface area contributed by atoms with Crippen molar-refractivity contribution in [3.63, 3.8) is 0 Å². The lowest BCUT2D eigenvalue weighted by Gasteiger charge is -2.26. The van der Waals surface area contributed by atoms with Crippen LogP contribution >= 0.6 is 15.9 Å². The third-order valence-corrected chi connectivity index (χ3v) is 2.68. The predicted molar refractivity (Wildman–Crippen MR) is 66.4 cm³/mol. The highest BCUT2D eigenvalue weighted by atomic mass is 79.9. The number of nitrogens with zero attached hydrogens (tertiary/aromatic N) is 2. The van der Waals surface area contributed by atoms with Crippen LogP contribution in [0.25, 0.3) is 0 Å². The van der Waals surface area contributed by atoms with Gasteiger partial charge in [-0.05, 0) is 28.4 Å². The number of hydrogen-bond donors (Lipinski definition) is 1. The van der Waals surface area contributed by atoms with Crippen molar-refractivity contribution in [2.24, 2.45) is 0 Å². The number of halogens is 4. The van der Waals surface area contributed by atoms with Crippen LogP contribution in [-0.4, -0.2) is 29.4 Å². The molecule has 0 spiro atoms. The van der Waals surface area contributed by atoms with E-state index in [1.807, 2.05) is 0 Å². The normalized spacial score (nSPS) is 11.7. The van der Waals surface area contributed by atoms with Crippen LogP contribution in [-0.2, 0) is 6.61 Å². The summed E-state index contributed by atoms with van der Waals surface area (Å²) in [5.41, 5.74) is 0.377. The summed E-state index contributed by atoms with van der Waals surface area (Å²) < 4.78 is 38.1. The molecule has 0 atom stereocenters. The molecule has 1 heterocycles. The minimum atomic E-state index is -4.29. The van der Waals surface area contributed by atoms with Crippen LogP contribution in [0.5, 0.6) is 0 Å². The Kier molecular flexibility index (Phi) is 5.40. The summed E-state index contributed by atoms with van der Waals surface area (Å²) in [7, 11) is 0. The van der Waals surface area contributed by atoms with Crippen molar-refractivity contribution in [3.8, 4) is 0 Å². The molecule has 0 aliphatic carbocycles. The van der Waals surface area contributed by atoms with Gasteiger partial charge in [-0.15, -0.1) is 0 Å². The quantitative estimate of drug-likeness (QED) is 0.903. The lowest BCUT2D eigenvalue weighted by molar-refractivity contribution is -0.119. The summed E-state index contributed by atoms with van der Waals surface area (Å²) in [5, 5.41) is 9.19. The second-order valence-corrected chi connectivity index (χ2v) is 4.75. The second-order valence-electron chi connectivity index (χ2n) is 3.83. The van der Waals surface area contributed by atoms with Gasteiger partial charge in [0.25, 0.3) is 0 Å². The van der Waals surface area contributed by atoms with Gasteiger partial charge in [-0.1, -0.05) is 6.92 Å². The van der Waals surface area contributed by atoms with Crippen LogP contribution in [0.2, 0.25) is 0 Å². The number of aliphatic hydroxyl groups is 1. The average molecular weight is 327 g/mol. The molecule has 0 aromatic carbocycles. The van der Waals surface area contributed by atoms with Gasteiger partial charge in [0.15, 0.2) is 0 Å². The number of aromatic nitrogens is 1. The summed E-state index contributed by atoms with van der Waals surface area (Å²) in [5.74, 6) is 0.180. The first-order valence-electron chi connectivity index (χ1n) is 5.44. The molecule has 0 radical (unpaired) electrons. The van der Waals surface area contributed by atoms with Crippen LogP contribution < -0.4 is 4.90 Å². The lowest BCUT2D eigenvalue weighted by atomic mass is 10.2. The van der Waals surface area contributed by atoms with Crippen molar-refractivity contribution in [1.29, 1.82) is 0 Å². The molecule has 0 amide bonds. The molecule has 1 N–H and O–H groups in total. The number of hydrogen-bond acceptors (Lipinski definition) is 3. The van der Waals surface area contributed by atoms with Crippen LogP contribution in [0.15, 0.2) is 16.7 Å². The molecule has 102 valence electrons. The largest absolute Gasteiger partial charge is 0.405 e. The van der Waals surface area contributed by atoms with Gasteiger partial charge in [-0.3, -0.25) is 0 Å². The van der Waals surface area contributed by atoms with Crippen LogP contribution in [0.3, 0.4) is 0 Å². The van der Waals surface area contributed by atoms with E-state index in [1.54, 1.807) is 13.0 Å². The topological polar surface area (TPSA) is 36.4 Å². The molecule has 3 nitrogen and oxygen atoms in total. The van der Waals surface area contributed by atoms with Gasteiger partial charge >= 0.3 is 6.18 Å². The van der Waals surface area contributed by atoms with Crippen LogP contribution in [0.4, 0.5) is 19.0 Å². The van der Waals surface area contributed by atoms with E-state index in [1.165, 1.54) is 6.20 Å². The molecule has 0 saturated carbocycles. The van der Waals surface area contributed by atoms with E-state index in [-0.39, 0.29) is 19.0 Å². The third kappa shape index (κ3) is 4.45. The van der Waals surface area contributed by atoms with Gasteiger partial charge in [0, 0.05) is 22.8 Å². The Morgan fingerprint density at radius 3 is 2.61 bits per heavy atom. The first-order chi connectivity index (χ1) is 8.37. The van der Waals surface area contributed by atoms with E-state index in [9.17, 15) is 18.3 Å². The SMILES string of the molecule is CCCN(CC(F)(F)F)c1ncc(Br)cc1CO. The highest BCUT2D eigenvalue weighted by Gasteiger charge is 2.31. The lowest BCUT2D eigenvalue weighted by Crippen LogP contribution is -2.36. The molecule has 1 aromatic rings. The minimum Gasteiger partial charge on any atom is -0.392 e. The zero-order valence-electron chi connectivity index (χ0n) is 9.84. The van der Waals surface area contributed by atoms with Gasteiger partial charge in [0.05, 0.1) is 6.61 Å². The van der Waals surface area contributed by atoms with E-state index in [4.69, 9.17) is 0 Å². The van der Waals surface area contributed by atoms with Gasteiger partial charge in [-0.25, -0.2) is 4.98 Å². The monoisotopic (exact) mass is 326 g/mol. The molecular formula is C11H14BrF3N2O. The molecule has 0 fully saturated rings. The van der Waals surface area contributed by atoms with E-state index in [2.05, 4.69) is 20.9 Å². The fraction of sp³-hybridized carbons (Fsp3) is 0.545. The summed E-state index contributed by atoms with van der Waals surface area (Å²) in [4.78, 5) is 5.11. The highest BCUT2D eigenvalue weighted by molar-refractivity contribution is 9.10. The molecule has 0 unspecified atom stereocenters.